The number of alkyl halides is 6. The molecular formula is C28H22F6N4O4S4. The molecule has 46 heavy (non-hydrogen) atoms. The summed E-state index contributed by atoms with van der Waals surface area (Å²) in [4.78, 5) is 53.3. The number of para-hydroxylation sites is 2. The summed E-state index contributed by atoms with van der Waals surface area (Å²) in [6, 6.07) is 9.06. The van der Waals surface area contributed by atoms with E-state index in [9.17, 15) is 45.5 Å². The van der Waals surface area contributed by atoms with Crippen molar-refractivity contribution >= 4 is 91.6 Å². The Kier molecular flexibility index (Phi) is 11.2. The van der Waals surface area contributed by atoms with Crippen LogP contribution in [0, 0.1) is 0 Å². The first-order valence-electron chi connectivity index (χ1n) is 13.3. The average Bonchev–Trinajstić information content (AvgIpc) is 3.41. The first kappa shape index (κ1) is 35.4. The lowest BCUT2D eigenvalue weighted by atomic mass is 10.1. The summed E-state index contributed by atoms with van der Waals surface area (Å²) < 4.78 is 79.4. The topological polar surface area (TPSA) is 98.8 Å². The van der Waals surface area contributed by atoms with E-state index in [1.807, 2.05) is 0 Å². The van der Waals surface area contributed by atoms with Crippen LogP contribution in [0.1, 0.15) is 36.8 Å². The zero-order valence-corrected chi connectivity index (χ0v) is 26.6. The highest BCUT2D eigenvalue weighted by Crippen LogP contribution is 2.42. The Hall–Kier alpha value is -3.48. The molecule has 2 aliphatic heterocycles. The fraction of sp³-hybridized carbons (Fsp3) is 0.286. The fourth-order valence-electron chi connectivity index (χ4n) is 4.36. The standard InChI is InChI=1S/C28H22F6N4O4S4/c29-27(30,31)15-7-1-3-9-17(15)35-19(39)11-5-13-37-23(41)21(45-25(37)43)22-24(42)38(26(44)46-22)14-6-12-20(40)36-18-10-4-2-8-16(18)28(32,33)34/h1-4,7-10H,5-6,11-14H2,(H,35,39)(H,36,40). The largest absolute Gasteiger partial charge is 0.418 e. The Labute approximate surface area is 277 Å². The average molecular weight is 721 g/mol. The van der Waals surface area contributed by atoms with E-state index < -0.39 is 47.1 Å². The van der Waals surface area contributed by atoms with Gasteiger partial charge in [0.15, 0.2) is 0 Å². The van der Waals surface area contributed by atoms with Crippen molar-refractivity contribution in [3.05, 3.63) is 69.5 Å². The van der Waals surface area contributed by atoms with Gasteiger partial charge < -0.3 is 10.6 Å². The molecule has 4 rings (SSSR count). The second-order valence-corrected chi connectivity index (χ2v) is 13.0. The molecule has 244 valence electrons. The molecule has 0 spiro atoms. The van der Waals surface area contributed by atoms with Crippen LogP contribution in [0.2, 0.25) is 0 Å². The highest BCUT2D eigenvalue weighted by molar-refractivity contribution is 8.29. The van der Waals surface area contributed by atoms with Gasteiger partial charge in [0.1, 0.15) is 8.64 Å². The van der Waals surface area contributed by atoms with Crippen molar-refractivity contribution in [1.82, 2.24) is 9.80 Å². The van der Waals surface area contributed by atoms with Crippen LogP contribution in [0.15, 0.2) is 58.3 Å². The Morgan fingerprint density at radius 2 is 1.00 bits per heavy atom. The maximum atomic E-state index is 13.2. The molecule has 2 fully saturated rings. The van der Waals surface area contributed by atoms with Crippen LogP contribution >= 0.6 is 48.0 Å². The minimum absolute atomic E-state index is 0.0231. The zero-order valence-electron chi connectivity index (χ0n) is 23.3. The van der Waals surface area contributed by atoms with E-state index in [1.165, 1.54) is 34.1 Å². The van der Waals surface area contributed by atoms with Crippen LogP contribution in [0.5, 0.6) is 0 Å². The molecule has 18 heteroatoms. The predicted octanol–water partition coefficient (Wildman–Crippen LogP) is 6.79. The third kappa shape index (κ3) is 8.45. The number of rotatable bonds is 10. The first-order chi connectivity index (χ1) is 21.6. The van der Waals surface area contributed by atoms with Crippen molar-refractivity contribution in [3.8, 4) is 0 Å². The number of nitrogens with one attached hydrogen (secondary N) is 2. The summed E-state index contributed by atoms with van der Waals surface area (Å²) in [5, 5.41) is 4.46. The lowest BCUT2D eigenvalue weighted by molar-refractivity contribution is -0.138. The SMILES string of the molecule is O=C(CCCN1C(=O)C(=C2SC(=S)N(CCCC(=O)Nc3ccccc3C(F)(F)F)C2=O)SC1=S)Nc1ccccc1C(F)(F)F. The van der Waals surface area contributed by atoms with E-state index in [2.05, 4.69) is 10.6 Å². The highest BCUT2D eigenvalue weighted by Gasteiger charge is 2.42. The van der Waals surface area contributed by atoms with Gasteiger partial charge in [-0.15, -0.1) is 0 Å². The molecule has 2 N–H and O–H groups in total. The summed E-state index contributed by atoms with van der Waals surface area (Å²) in [5.74, 6) is -2.58. The molecule has 4 amide bonds. The van der Waals surface area contributed by atoms with Crippen LogP contribution in [-0.2, 0) is 31.5 Å². The number of hydrogen-bond donors (Lipinski definition) is 2. The number of nitrogens with zero attached hydrogens (tertiary/aromatic N) is 2. The summed E-state index contributed by atoms with van der Waals surface area (Å²) in [6.07, 6.45) is -9.61. The molecule has 2 aromatic carbocycles. The van der Waals surface area contributed by atoms with Gasteiger partial charge in [0, 0.05) is 25.9 Å². The Bertz CT molecular complexity index is 1510. The van der Waals surface area contributed by atoms with Crippen LogP contribution in [0.3, 0.4) is 0 Å². The van der Waals surface area contributed by atoms with Gasteiger partial charge in [0.2, 0.25) is 11.8 Å². The molecule has 8 nitrogen and oxygen atoms in total. The molecule has 2 aromatic rings. The van der Waals surface area contributed by atoms with E-state index in [0.717, 1.165) is 47.8 Å². The lowest BCUT2D eigenvalue weighted by Gasteiger charge is -2.16. The van der Waals surface area contributed by atoms with Gasteiger partial charge in [-0.2, -0.15) is 26.3 Å². The summed E-state index contributed by atoms with van der Waals surface area (Å²) in [7, 11) is 0. The highest BCUT2D eigenvalue weighted by atomic mass is 32.2. The van der Waals surface area contributed by atoms with Gasteiger partial charge in [0.05, 0.1) is 32.3 Å². The summed E-state index contributed by atoms with van der Waals surface area (Å²) in [6.45, 7) is -0.0647. The maximum absolute atomic E-state index is 13.2. The monoisotopic (exact) mass is 720 g/mol. The van der Waals surface area contributed by atoms with Crippen LogP contribution in [0.25, 0.3) is 0 Å². The van der Waals surface area contributed by atoms with E-state index in [4.69, 9.17) is 24.4 Å². The van der Waals surface area contributed by atoms with Crippen molar-refractivity contribution in [3.63, 3.8) is 0 Å². The number of thiocarbonyl (C=S) groups is 2. The number of carbonyl (C=O) groups excluding carboxylic acids is 4. The molecular weight excluding hydrogens is 699 g/mol. The molecule has 0 aliphatic carbocycles. The maximum Gasteiger partial charge on any atom is 0.418 e. The van der Waals surface area contributed by atoms with Gasteiger partial charge >= 0.3 is 12.4 Å². The molecule has 2 aliphatic rings. The number of carbonyl (C=O) groups is 4. The number of anilines is 2. The number of benzene rings is 2. The quantitative estimate of drug-likeness (QED) is 0.157. The zero-order chi connectivity index (χ0) is 33.8. The number of amides is 4. The Morgan fingerprint density at radius 1 is 0.652 bits per heavy atom. The predicted molar refractivity (Wildman–Crippen MR) is 169 cm³/mol. The van der Waals surface area contributed by atoms with Gasteiger partial charge in [-0.3, -0.25) is 29.0 Å². The fourth-order valence-corrected chi connectivity index (χ4v) is 7.13. The number of halogens is 6. The molecule has 0 unspecified atom stereocenters. The van der Waals surface area contributed by atoms with Crippen LogP contribution in [0.4, 0.5) is 37.7 Å². The van der Waals surface area contributed by atoms with Gasteiger partial charge in [-0.1, -0.05) is 72.2 Å². The van der Waals surface area contributed by atoms with Gasteiger partial charge in [-0.05, 0) is 37.1 Å². The molecule has 2 heterocycles. The van der Waals surface area contributed by atoms with Crippen molar-refractivity contribution in [1.29, 1.82) is 0 Å². The smallest absolute Gasteiger partial charge is 0.326 e. The van der Waals surface area contributed by atoms with Gasteiger partial charge in [0.25, 0.3) is 11.8 Å². The van der Waals surface area contributed by atoms with Gasteiger partial charge in [-0.25, -0.2) is 0 Å². The number of thioether (sulfide) groups is 2. The van der Waals surface area contributed by atoms with E-state index in [-0.39, 0.29) is 68.6 Å². The van der Waals surface area contributed by atoms with Crippen molar-refractivity contribution in [2.75, 3.05) is 23.7 Å². The van der Waals surface area contributed by atoms with E-state index >= 15 is 0 Å². The normalized spacial score (nSPS) is 17.3. The second-order valence-electron chi connectivity index (χ2n) is 9.70. The summed E-state index contributed by atoms with van der Waals surface area (Å²) in [5.41, 5.74) is -2.76. The Balaban J connectivity index is 1.30. The van der Waals surface area contributed by atoms with Crippen molar-refractivity contribution in [2.24, 2.45) is 0 Å². The molecule has 0 saturated carbocycles. The van der Waals surface area contributed by atoms with Crippen LogP contribution in [-0.4, -0.2) is 55.2 Å². The molecule has 2 saturated heterocycles. The Morgan fingerprint density at radius 3 is 1.35 bits per heavy atom. The van der Waals surface area contributed by atoms with Crippen molar-refractivity contribution in [2.45, 2.75) is 38.0 Å². The minimum Gasteiger partial charge on any atom is -0.326 e. The van der Waals surface area contributed by atoms with E-state index in [0.29, 0.717) is 0 Å². The molecule has 0 radical (unpaired) electrons. The third-order valence-electron chi connectivity index (χ3n) is 6.49. The summed E-state index contributed by atoms with van der Waals surface area (Å²) >= 11 is 12.3. The molecule has 0 bridgehead atoms. The third-order valence-corrected chi connectivity index (χ3v) is 9.51. The first-order valence-corrected chi connectivity index (χ1v) is 15.8. The second kappa shape index (κ2) is 14.5. The number of hydrogen-bond acceptors (Lipinski definition) is 8. The van der Waals surface area contributed by atoms with Crippen LogP contribution < -0.4 is 10.6 Å². The van der Waals surface area contributed by atoms with Crippen molar-refractivity contribution < 1.29 is 45.5 Å². The molecule has 0 aromatic heterocycles. The minimum atomic E-state index is -4.66. The molecule has 0 atom stereocenters. The lowest BCUT2D eigenvalue weighted by Crippen LogP contribution is -2.31. The van der Waals surface area contributed by atoms with E-state index in [1.54, 1.807) is 0 Å².